The molecule has 0 amide bonds. The lowest BCUT2D eigenvalue weighted by molar-refractivity contribution is 0.146. The molecule has 0 aliphatic carbocycles. The molecule has 158 valence electrons. The molecule has 5 nitrogen and oxygen atoms in total. The zero-order valence-corrected chi connectivity index (χ0v) is 19.7. The highest BCUT2D eigenvalue weighted by Gasteiger charge is 2.24. The number of methoxy groups -OCH3 is 1. The first-order valence-corrected chi connectivity index (χ1v) is 9.98. The first kappa shape index (κ1) is 23.5. The number of guanidine groups is 1. The number of nitrogens with one attached hydrogen (secondary N) is 1. The Morgan fingerprint density at radius 1 is 1.07 bits per heavy atom. The van der Waals surface area contributed by atoms with Crippen LogP contribution in [0.3, 0.4) is 0 Å². The number of ether oxygens (including phenoxy) is 2. The van der Waals surface area contributed by atoms with Crippen LogP contribution in [0.5, 0.6) is 5.75 Å². The molecule has 1 N–H and O–H groups in total. The standard InChI is InChI=1S/C23H31N3O2.HI/c1-24-23(25-17-20-8-10-22(11-9-20)28-15-14-27-2)26-13-12-21(18-26)16-19-6-4-3-5-7-19;/h3-11,21H,12-18H2,1-2H3,(H,24,25);1H. The lowest BCUT2D eigenvalue weighted by atomic mass is 9.99. The number of likely N-dealkylation sites (tertiary alicyclic amines) is 1. The molecule has 0 bridgehead atoms. The molecule has 0 radical (unpaired) electrons. The van der Waals surface area contributed by atoms with E-state index < -0.39 is 0 Å². The molecule has 2 aromatic carbocycles. The molecule has 2 aromatic rings. The Kier molecular flexibility index (Phi) is 10.3. The molecule has 1 atom stereocenters. The molecule has 3 rings (SSSR count). The minimum absolute atomic E-state index is 0. The summed E-state index contributed by atoms with van der Waals surface area (Å²) in [5.41, 5.74) is 2.63. The summed E-state index contributed by atoms with van der Waals surface area (Å²) in [6.45, 7) is 4.04. The molecule has 0 spiro atoms. The van der Waals surface area contributed by atoms with Gasteiger partial charge >= 0.3 is 0 Å². The molecule has 1 saturated heterocycles. The van der Waals surface area contributed by atoms with Crippen molar-refractivity contribution < 1.29 is 9.47 Å². The summed E-state index contributed by atoms with van der Waals surface area (Å²) in [5.74, 6) is 2.54. The van der Waals surface area contributed by atoms with E-state index in [4.69, 9.17) is 9.47 Å². The largest absolute Gasteiger partial charge is 0.491 e. The van der Waals surface area contributed by atoms with E-state index in [1.165, 1.54) is 17.5 Å². The molecule has 1 heterocycles. The predicted molar refractivity (Wildman–Crippen MR) is 129 cm³/mol. The maximum absolute atomic E-state index is 5.61. The topological polar surface area (TPSA) is 46.1 Å². The average molecular weight is 509 g/mol. The molecule has 1 aliphatic rings. The van der Waals surface area contributed by atoms with Gasteiger partial charge < -0.3 is 19.7 Å². The van der Waals surface area contributed by atoms with E-state index in [9.17, 15) is 0 Å². The van der Waals surface area contributed by atoms with Crippen LogP contribution < -0.4 is 10.1 Å². The van der Waals surface area contributed by atoms with Crippen molar-refractivity contribution in [1.82, 2.24) is 10.2 Å². The van der Waals surface area contributed by atoms with Crippen LogP contribution in [0, 0.1) is 5.92 Å². The number of nitrogens with zero attached hydrogens (tertiary/aromatic N) is 2. The van der Waals surface area contributed by atoms with E-state index in [1.807, 2.05) is 19.2 Å². The molecular formula is C23H32IN3O2. The third-order valence-electron chi connectivity index (χ3n) is 5.09. The maximum atomic E-state index is 5.61. The van der Waals surface area contributed by atoms with Gasteiger partial charge in [-0.15, -0.1) is 24.0 Å². The summed E-state index contributed by atoms with van der Waals surface area (Å²) in [5, 5.41) is 3.50. The quantitative estimate of drug-likeness (QED) is 0.253. The first-order chi connectivity index (χ1) is 13.8. The average Bonchev–Trinajstić information content (AvgIpc) is 3.19. The highest BCUT2D eigenvalue weighted by atomic mass is 127. The minimum Gasteiger partial charge on any atom is -0.491 e. The van der Waals surface area contributed by atoms with Crippen LogP contribution in [0.15, 0.2) is 59.6 Å². The van der Waals surface area contributed by atoms with Gasteiger partial charge in [0.25, 0.3) is 0 Å². The Bertz CT molecular complexity index is 738. The van der Waals surface area contributed by atoms with E-state index in [0.717, 1.165) is 37.8 Å². The third kappa shape index (κ3) is 7.51. The smallest absolute Gasteiger partial charge is 0.193 e. The van der Waals surface area contributed by atoms with Gasteiger partial charge in [-0.1, -0.05) is 42.5 Å². The van der Waals surface area contributed by atoms with Crippen LogP contribution in [0.1, 0.15) is 17.5 Å². The number of hydrogen-bond donors (Lipinski definition) is 1. The van der Waals surface area contributed by atoms with Crippen LogP contribution >= 0.6 is 24.0 Å². The van der Waals surface area contributed by atoms with Crippen molar-refractivity contribution in [3.05, 3.63) is 65.7 Å². The van der Waals surface area contributed by atoms with Crippen LogP contribution in [0.2, 0.25) is 0 Å². The molecule has 1 fully saturated rings. The molecule has 0 saturated carbocycles. The maximum Gasteiger partial charge on any atom is 0.193 e. The summed E-state index contributed by atoms with van der Waals surface area (Å²) in [6, 6.07) is 18.9. The van der Waals surface area contributed by atoms with E-state index in [2.05, 4.69) is 57.7 Å². The Balaban J connectivity index is 0.00000300. The van der Waals surface area contributed by atoms with E-state index in [-0.39, 0.29) is 24.0 Å². The molecule has 1 aliphatic heterocycles. The van der Waals surface area contributed by atoms with Gasteiger partial charge in [-0.3, -0.25) is 4.99 Å². The Labute approximate surface area is 191 Å². The van der Waals surface area contributed by atoms with Gasteiger partial charge in [-0.2, -0.15) is 0 Å². The van der Waals surface area contributed by atoms with Gasteiger partial charge in [0.15, 0.2) is 5.96 Å². The zero-order valence-electron chi connectivity index (χ0n) is 17.3. The van der Waals surface area contributed by atoms with Crippen molar-refractivity contribution in [3.8, 4) is 5.75 Å². The Morgan fingerprint density at radius 3 is 2.52 bits per heavy atom. The van der Waals surface area contributed by atoms with Crippen molar-refractivity contribution in [2.45, 2.75) is 19.4 Å². The van der Waals surface area contributed by atoms with E-state index in [1.54, 1.807) is 7.11 Å². The van der Waals surface area contributed by atoms with E-state index in [0.29, 0.717) is 19.1 Å². The second kappa shape index (κ2) is 12.7. The Morgan fingerprint density at radius 2 is 1.83 bits per heavy atom. The number of hydrogen-bond acceptors (Lipinski definition) is 3. The fourth-order valence-corrected chi connectivity index (χ4v) is 3.60. The highest BCUT2D eigenvalue weighted by Crippen LogP contribution is 2.21. The molecular weight excluding hydrogens is 477 g/mol. The molecule has 1 unspecified atom stereocenters. The van der Waals surface area contributed by atoms with Crippen LogP contribution in [0.4, 0.5) is 0 Å². The Hall–Kier alpha value is -1.80. The van der Waals surface area contributed by atoms with Crippen LogP contribution in [-0.4, -0.2) is 51.3 Å². The summed E-state index contributed by atoms with van der Waals surface area (Å²) >= 11 is 0. The SMILES string of the molecule is CN=C(NCc1ccc(OCCOC)cc1)N1CCC(Cc2ccccc2)C1.I. The van der Waals surface area contributed by atoms with Gasteiger partial charge in [0.1, 0.15) is 12.4 Å². The van der Waals surface area contributed by atoms with Crippen molar-refractivity contribution in [2.24, 2.45) is 10.9 Å². The fraction of sp³-hybridized carbons (Fsp3) is 0.435. The number of halogens is 1. The normalized spacial score (nSPS) is 16.4. The van der Waals surface area contributed by atoms with Gasteiger partial charge in [0.2, 0.25) is 0 Å². The second-order valence-corrected chi connectivity index (χ2v) is 7.18. The predicted octanol–water partition coefficient (Wildman–Crippen LogP) is 3.97. The summed E-state index contributed by atoms with van der Waals surface area (Å²) in [7, 11) is 3.54. The lowest BCUT2D eigenvalue weighted by Gasteiger charge is -2.22. The third-order valence-corrected chi connectivity index (χ3v) is 5.09. The molecule has 0 aromatic heterocycles. The van der Waals surface area contributed by atoms with Gasteiger partial charge in [-0.05, 0) is 42.0 Å². The van der Waals surface area contributed by atoms with Gasteiger partial charge in [-0.25, -0.2) is 0 Å². The zero-order chi connectivity index (χ0) is 19.6. The lowest BCUT2D eigenvalue weighted by Crippen LogP contribution is -2.39. The van der Waals surface area contributed by atoms with Crippen molar-refractivity contribution in [3.63, 3.8) is 0 Å². The van der Waals surface area contributed by atoms with Crippen LogP contribution in [0.25, 0.3) is 0 Å². The summed E-state index contributed by atoms with van der Waals surface area (Å²) in [4.78, 5) is 6.86. The first-order valence-electron chi connectivity index (χ1n) is 9.98. The van der Waals surface area contributed by atoms with Gasteiger partial charge in [0, 0.05) is 33.8 Å². The van der Waals surface area contributed by atoms with E-state index >= 15 is 0 Å². The minimum atomic E-state index is 0. The number of rotatable bonds is 8. The summed E-state index contributed by atoms with van der Waals surface area (Å²) in [6.07, 6.45) is 2.35. The number of benzene rings is 2. The monoisotopic (exact) mass is 509 g/mol. The van der Waals surface area contributed by atoms with Gasteiger partial charge in [0.05, 0.1) is 6.61 Å². The summed E-state index contributed by atoms with van der Waals surface area (Å²) < 4.78 is 10.6. The van der Waals surface area contributed by atoms with Crippen molar-refractivity contribution in [1.29, 1.82) is 0 Å². The van der Waals surface area contributed by atoms with Crippen molar-refractivity contribution >= 4 is 29.9 Å². The second-order valence-electron chi connectivity index (χ2n) is 7.18. The van der Waals surface area contributed by atoms with Crippen LogP contribution in [-0.2, 0) is 17.7 Å². The fourth-order valence-electron chi connectivity index (χ4n) is 3.60. The molecule has 29 heavy (non-hydrogen) atoms. The highest BCUT2D eigenvalue weighted by molar-refractivity contribution is 14.0. The van der Waals surface area contributed by atoms with Crippen molar-refractivity contribution in [2.75, 3.05) is 40.5 Å². The number of aliphatic imine (C=N–C) groups is 1. The molecule has 6 heteroatoms.